The molecule has 0 unspecified atom stereocenters. The van der Waals surface area contributed by atoms with Crippen LogP contribution in [0.5, 0.6) is 0 Å². The van der Waals surface area contributed by atoms with Gasteiger partial charge in [0.1, 0.15) is 12.4 Å². The van der Waals surface area contributed by atoms with Gasteiger partial charge in [0.05, 0.1) is 6.54 Å². The average Bonchev–Trinajstić information content (AvgIpc) is 3.18. The van der Waals surface area contributed by atoms with E-state index in [1.165, 1.54) is 9.75 Å². The molecule has 0 aliphatic heterocycles. The molecule has 132 valence electrons. The Kier molecular flexibility index (Phi) is 7.24. The van der Waals surface area contributed by atoms with E-state index in [2.05, 4.69) is 51.8 Å². The Labute approximate surface area is 148 Å². The van der Waals surface area contributed by atoms with Gasteiger partial charge in [-0.15, -0.1) is 21.5 Å². The minimum absolute atomic E-state index is 0.517. The lowest BCUT2D eigenvalue weighted by molar-refractivity contribution is 0.717. The normalized spacial score (nSPS) is 11.8. The summed E-state index contributed by atoms with van der Waals surface area (Å²) in [6.07, 6.45) is 3.38. The summed E-state index contributed by atoms with van der Waals surface area (Å²) in [4.78, 5) is 7.40. The molecular formula is C17H28N6S. The van der Waals surface area contributed by atoms with E-state index < -0.39 is 0 Å². The standard InChI is InChI=1S/C17H28N6S/c1-5-7-10-18-17(19-11-15-9-8-14(6-2)24-15)20-12-16-22-21-13(3)23(16)4/h8-9H,5-7,10-12H2,1-4H3,(H2,18,19,20). The van der Waals surface area contributed by atoms with Gasteiger partial charge in [-0.1, -0.05) is 20.3 Å². The third-order valence-corrected chi connectivity index (χ3v) is 5.11. The average molecular weight is 349 g/mol. The minimum atomic E-state index is 0.517. The molecule has 2 aromatic rings. The van der Waals surface area contributed by atoms with E-state index in [-0.39, 0.29) is 0 Å². The van der Waals surface area contributed by atoms with Gasteiger partial charge in [-0.05, 0) is 31.9 Å². The molecule has 2 rings (SSSR count). The zero-order valence-corrected chi connectivity index (χ0v) is 15.9. The summed E-state index contributed by atoms with van der Waals surface area (Å²) in [5, 5.41) is 15.1. The molecule has 0 aliphatic rings. The van der Waals surface area contributed by atoms with E-state index >= 15 is 0 Å². The van der Waals surface area contributed by atoms with E-state index in [0.717, 1.165) is 50.0 Å². The van der Waals surface area contributed by atoms with Crippen LogP contribution < -0.4 is 10.6 Å². The Morgan fingerprint density at radius 3 is 2.62 bits per heavy atom. The first-order valence-corrected chi connectivity index (χ1v) is 9.40. The lowest BCUT2D eigenvalue weighted by Crippen LogP contribution is -2.37. The fourth-order valence-corrected chi connectivity index (χ4v) is 3.07. The summed E-state index contributed by atoms with van der Waals surface area (Å²) in [6, 6.07) is 4.39. The molecular weight excluding hydrogens is 320 g/mol. The van der Waals surface area contributed by atoms with E-state index in [1.54, 1.807) is 0 Å². The van der Waals surface area contributed by atoms with Crippen LogP contribution in [0, 0.1) is 6.92 Å². The molecule has 7 heteroatoms. The molecule has 0 aromatic carbocycles. The Bertz CT molecular complexity index is 658. The van der Waals surface area contributed by atoms with Crippen LogP contribution in [0.1, 0.15) is 48.1 Å². The predicted octanol–water partition coefficient (Wildman–Crippen LogP) is 2.78. The van der Waals surface area contributed by atoms with Crippen molar-refractivity contribution in [2.75, 3.05) is 6.54 Å². The molecule has 0 radical (unpaired) electrons. The van der Waals surface area contributed by atoms with Crippen molar-refractivity contribution in [2.24, 2.45) is 12.0 Å². The van der Waals surface area contributed by atoms with Gasteiger partial charge in [0.25, 0.3) is 0 Å². The van der Waals surface area contributed by atoms with Gasteiger partial charge >= 0.3 is 0 Å². The van der Waals surface area contributed by atoms with Gasteiger partial charge in [-0.25, -0.2) is 4.99 Å². The molecule has 24 heavy (non-hydrogen) atoms. The van der Waals surface area contributed by atoms with Gasteiger partial charge in [-0.3, -0.25) is 0 Å². The van der Waals surface area contributed by atoms with Gasteiger partial charge in [0.15, 0.2) is 11.8 Å². The quantitative estimate of drug-likeness (QED) is 0.437. The zero-order chi connectivity index (χ0) is 17.4. The molecule has 0 fully saturated rings. The number of rotatable bonds is 8. The second-order valence-corrected chi connectivity index (χ2v) is 7.00. The highest BCUT2D eigenvalue weighted by atomic mass is 32.1. The molecule has 0 bridgehead atoms. The number of thiophene rings is 1. The number of nitrogens with one attached hydrogen (secondary N) is 2. The topological polar surface area (TPSA) is 67.1 Å². The third-order valence-electron chi connectivity index (χ3n) is 3.88. The molecule has 6 nitrogen and oxygen atoms in total. The SMILES string of the molecule is CCCCNC(=NCc1nnc(C)n1C)NCc1ccc(CC)s1. The van der Waals surface area contributed by atoms with E-state index in [1.807, 2.05) is 29.9 Å². The van der Waals surface area contributed by atoms with Crippen LogP contribution in [-0.4, -0.2) is 27.3 Å². The largest absolute Gasteiger partial charge is 0.356 e. The number of guanidine groups is 1. The monoisotopic (exact) mass is 348 g/mol. The molecule has 2 heterocycles. The summed E-state index contributed by atoms with van der Waals surface area (Å²) in [5.74, 6) is 2.60. The maximum atomic E-state index is 4.66. The maximum Gasteiger partial charge on any atom is 0.192 e. The predicted molar refractivity (Wildman–Crippen MR) is 100 cm³/mol. The molecule has 0 saturated heterocycles. The number of aromatic nitrogens is 3. The Hall–Kier alpha value is -1.89. The summed E-state index contributed by atoms with van der Waals surface area (Å²) in [7, 11) is 1.97. The summed E-state index contributed by atoms with van der Waals surface area (Å²) < 4.78 is 1.97. The second-order valence-electron chi connectivity index (χ2n) is 5.74. The third kappa shape index (κ3) is 5.33. The first-order valence-electron chi connectivity index (χ1n) is 8.58. The van der Waals surface area contributed by atoms with Crippen molar-refractivity contribution in [1.29, 1.82) is 0 Å². The molecule has 2 N–H and O–H groups in total. The Morgan fingerprint density at radius 2 is 2.00 bits per heavy atom. The van der Waals surface area contributed by atoms with Gasteiger partial charge in [-0.2, -0.15) is 0 Å². The van der Waals surface area contributed by atoms with Gasteiger partial charge < -0.3 is 15.2 Å². The molecule has 0 aliphatic carbocycles. The van der Waals surface area contributed by atoms with E-state index in [9.17, 15) is 0 Å². The van der Waals surface area contributed by atoms with Crippen molar-refractivity contribution in [1.82, 2.24) is 25.4 Å². The highest BCUT2D eigenvalue weighted by molar-refractivity contribution is 7.11. The fourth-order valence-electron chi connectivity index (χ4n) is 2.17. The van der Waals surface area contributed by atoms with Crippen molar-refractivity contribution in [3.63, 3.8) is 0 Å². The van der Waals surface area contributed by atoms with Crippen LogP contribution in [0.2, 0.25) is 0 Å². The van der Waals surface area contributed by atoms with Crippen molar-refractivity contribution >= 4 is 17.3 Å². The maximum absolute atomic E-state index is 4.66. The van der Waals surface area contributed by atoms with E-state index in [0.29, 0.717) is 6.54 Å². The smallest absolute Gasteiger partial charge is 0.192 e. The first kappa shape index (κ1) is 18.4. The Balaban J connectivity index is 1.97. The minimum Gasteiger partial charge on any atom is -0.356 e. The van der Waals surface area contributed by atoms with Crippen LogP contribution in [0.25, 0.3) is 0 Å². The number of hydrogen-bond donors (Lipinski definition) is 2. The Morgan fingerprint density at radius 1 is 1.21 bits per heavy atom. The lowest BCUT2D eigenvalue weighted by atomic mass is 10.3. The molecule has 2 aromatic heterocycles. The molecule has 0 saturated carbocycles. The number of nitrogens with zero attached hydrogens (tertiary/aromatic N) is 4. The van der Waals surface area contributed by atoms with Gasteiger partial charge in [0.2, 0.25) is 0 Å². The number of unbranched alkanes of at least 4 members (excludes halogenated alkanes) is 1. The highest BCUT2D eigenvalue weighted by Crippen LogP contribution is 2.16. The van der Waals surface area contributed by atoms with Crippen LogP contribution in [0.4, 0.5) is 0 Å². The van der Waals surface area contributed by atoms with E-state index in [4.69, 9.17) is 0 Å². The number of aryl methyl sites for hydroxylation is 2. The summed E-state index contributed by atoms with van der Waals surface area (Å²) >= 11 is 1.85. The summed E-state index contributed by atoms with van der Waals surface area (Å²) in [6.45, 7) is 8.55. The lowest BCUT2D eigenvalue weighted by Gasteiger charge is -2.11. The van der Waals surface area contributed by atoms with Crippen molar-refractivity contribution in [3.05, 3.63) is 33.5 Å². The fraction of sp³-hybridized carbons (Fsp3) is 0.588. The van der Waals surface area contributed by atoms with Crippen molar-refractivity contribution < 1.29 is 0 Å². The second kappa shape index (κ2) is 9.42. The van der Waals surface area contributed by atoms with Crippen molar-refractivity contribution in [3.8, 4) is 0 Å². The molecule has 0 atom stereocenters. The summed E-state index contributed by atoms with van der Waals surface area (Å²) in [5.41, 5.74) is 0. The first-order chi connectivity index (χ1) is 11.6. The number of hydrogen-bond acceptors (Lipinski definition) is 4. The molecule has 0 amide bonds. The number of aliphatic imine (C=N–C) groups is 1. The van der Waals surface area contributed by atoms with Crippen LogP contribution in [0.3, 0.4) is 0 Å². The zero-order valence-electron chi connectivity index (χ0n) is 15.1. The van der Waals surface area contributed by atoms with Crippen LogP contribution >= 0.6 is 11.3 Å². The van der Waals surface area contributed by atoms with Crippen LogP contribution in [-0.2, 0) is 26.6 Å². The molecule has 0 spiro atoms. The van der Waals surface area contributed by atoms with Gasteiger partial charge in [0, 0.05) is 23.3 Å². The van der Waals surface area contributed by atoms with Crippen molar-refractivity contribution in [2.45, 2.75) is 53.1 Å². The van der Waals surface area contributed by atoms with Crippen LogP contribution in [0.15, 0.2) is 17.1 Å². The highest BCUT2D eigenvalue weighted by Gasteiger charge is 2.06.